The molecule has 0 amide bonds. The summed E-state index contributed by atoms with van der Waals surface area (Å²) < 4.78 is 0. The largest absolute Gasteiger partial charge is 0.388 e. The molecule has 0 aromatic carbocycles. The lowest BCUT2D eigenvalue weighted by Gasteiger charge is -2.36. The molecule has 0 saturated carbocycles. The van der Waals surface area contributed by atoms with E-state index in [0.717, 1.165) is 19.6 Å². The molecule has 1 aliphatic heterocycles. The maximum absolute atomic E-state index is 10.3. The van der Waals surface area contributed by atoms with Gasteiger partial charge < -0.3 is 10.4 Å². The SMILES string of the molecule is CC(C)NCC(C)(O)CN1CCSC(C)C1. The lowest BCUT2D eigenvalue weighted by atomic mass is 10.1. The summed E-state index contributed by atoms with van der Waals surface area (Å²) in [6.07, 6.45) is 0. The Bertz CT molecular complexity index is 209. The number of β-amino-alcohol motifs (C(OH)–C–C–N with tert-alkyl or cyclic N) is 1. The summed E-state index contributed by atoms with van der Waals surface area (Å²) in [5.74, 6) is 1.19. The van der Waals surface area contributed by atoms with Crippen molar-refractivity contribution in [3.63, 3.8) is 0 Å². The first-order valence-corrected chi connectivity index (χ1v) is 7.24. The van der Waals surface area contributed by atoms with Crippen LogP contribution in [-0.2, 0) is 0 Å². The number of rotatable bonds is 5. The molecule has 0 bridgehead atoms. The Labute approximate surface area is 104 Å². The summed E-state index contributed by atoms with van der Waals surface area (Å²) in [7, 11) is 0. The zero-order valence-corrected chi connectivity index (χ0v) is 11.8. The third kappa shape index (κ3) is 5.53. The van der Waals surface area contributed by atoms with Gasteiger partial charge in [0.1, 0.15) is 0 Å². The van der Waals surface area contributed by atoms with Gasteiger partial charge in [-0.1, -0.05) is 20.8 Å². The average molecular weight is 246 g/mol. The third-order valence-corrected chi connectivity index (χ3v) is 3.92. The van der Waals surface area contributed by atoms with Gasteiger partial charge in [-0.25, -0.2) is 0 Å². The van der Waals surface area contributed by atoms with Crippen molar-refractivity contribution in [1.29, 1.82) is 0 Å². The van der Waals surface area contributed by atoms with E-state index >= 15 is 0 Å². The van der Waals surface area contributed by atoms with E-state index < -0.39 is 5.60 Å². The molecule has 96 valence electrons. The smallest absolute Gasteiger partial charge is 0.0869 e. The number of nitrogens with one attached hydrogen (secondary N) is 1. The van der Waals surface area contributed by atoms with E-state index in [1.54, 1.807) is 0 Å². The van der Waals surface area contributed by atoms with Crippen molar-refractivity contribution in [3.8, 4) is 0 Å². The van der Waals surface area contributed by atoms with Crippen molar-refractivity contribution in [1.82, 2.24) is 10.2 Å². The minimum Gasteiger partial charge on any atom is -0.388 e. The number of aliphatic hydroxyl groups is 1. The van der Waals surface area contributed by atoms with Gasteiger partial charge in [0.2, 0.25) is 0 Å². The molecule has 0 aromatic rings. The van der Waals surface area contributed by atoms with Crippen LogP contribution in [0, 0.1) is 0 Å². The summed E-state index contributed by atoms with van der Waals surface area (Å²) in [6.45, 7) is 12.0. The minimum absolute atomic E-state index is 0.433. The predicted octanol–water partition coefficient (Wildman–Crippen LogP) is 1.17. The minimum atomic E-state index is -0.619. The molecular formula is C12H26N2OS. The van der Waals surface area contributed by atoms with Crippen LogP contribution in [-0.4, -0.2) is 58.8 Å². The van der Waals surface area contributed by atoms with Crippen LogP contribution in [0.3, 0.4) is 0 Å². The average Bonchev–Trinajstić information content (AvgIpc) is 2.14. The van der Waals surface area contributed by atoms with Crippen molar-refractivity contribution >= 4 is 11.8 Å². The fourth-order valence-corrected chi connectivity index (χ4v) is 3.08. The van der Waals surface area contributed by atoms with Crippen LogP contribution >= 0.6 is 11.8 Å². The van der Waals surface area contributed by atoms with Gasteiger partial charge in [0.25, 0.3) is 0 Å². The highest BCUT2D eigenvalue weighted by Crippen LogP contribution is 2.19. The number of hydrogen-bond acceptors (Lipinski definition) is 4. The summed E-state index contributed by atoms with van der Waals surface area (Å²) >= 11 is 2.03. The lowest BCUT2D eigenvalue weighted by molar-refractivity contribution is 0.0199. The molecule has 0 aliphatic carbocycles. The Balaban J connectivity index is 2.32. The number of hydrogen-bond donors (Lipinski definition) is 2. The third-order valence-electron chi connectivity index (χ3n) is 2.78. The first-order valence-electron chi connectivity index (χ1n) is 6.19. The van der Waals surface area contributed by atoms with Gasteiger partial charge in [0, 0.05) is 43.2 Å². The Hall–Kier alpha value is 0.230. The Morgan fingerprint density at radius 3 is 2.81 bits per heavy atom. The summed E-state index contributed by atoms with van der Waals surface area (Å²) in [5.41, 5.74) is -0.619. The van der Waals surface area contributed by atoms with Gasteiger partial charge in [-0.15, -0.1) is 0 Å². The van der Waals surface area contributed by atoms with Crippen molar-refractivity contribution in [2.45, 2.75) is 44.6 Å². The molecule has 0 spiro atoms. The van der Waals surface area contributed by atoms with Crippen LogP contribution in [0.25, 0.3) is 0 Å². The van der Waals surface area contributed by atoms with Crippen molar-refractivity contribution in [3.05, 3.63) is 0 Å². The second-order valence-corrected chi connectivity index (χ2v) is 7.00. The van der Waals surface area contributed by atoms with Gasteiger partial charge >= 0.3 is 0 Å². The Morgan fingerprint density at radius 1 is 1.56 bits per heavy atom. The van der Waals surface area contributed by atoms with Crippen molar-refractivity contribution < 1.29 is 5.11 Å². The first-order chi connectivity index (χ1) is 7.39. The van der Waals surface area contributed by atoms with Crippen LogP contribution in [0.1, 0.15) is 27.7 Å². The summed E-state index contributed by atoms with van der Waals surface area (Å²) in [4.78, 5) is 2.38. The van der Waals surface area contributed by atoms with E-state index in [2.05, 4.69) is 31.0 Å². The van der Waals surface area contributed by atoms with E-state index in [0.29, 0.717) is 17.8 Å². The van der Waals surface area contributed by atoms with Crippen LogP contribution in [0.5, 0.6) is 0 Å². The maximum Gasteiger partial charge on any atom is 0.0869 e. The highest BCUT2D eigenvalue weighted by atomic mass is 32.2. The van der Waals surface area contributed by atoms with E-state index in [9.17, 15) is 5.11 Å². The highest BCUT2D eigenvalue weighted by molar-refractivity contribution is 7.99. The van der Waals surface area contributed by atoms with Gasteiger partial charge in [-0.05, 0) is 6.92 Å². The summed E-state index contributed by atoms with van der Waals surface area (Å²) in [6, 6.07) is 0.433. The molecule has 1 aliphatic rings. The number of thioether (sulfide) groups is 1. The van der Waals surface area contributed by atoms with Gasteiger partial charge in [0.05, 0.1) is 5.60 Å². The molecule has 2 N–H and O–H groups in total. The van der Waals surface area contributed by atoms with Gasteiger partial charge in [-0.2, -0.15) is 11.8 Å². The standard InChI is InChI=1S/C12H26N2OS/c1-10(2)13-8-12(4,15)9-14-5-6-16-11(3)7-14/h10-11,13,15H,5-9H2,1-4H3. The highest BCUT2D eigenvalue weighted by Gasteiger charge is 2.26. The molecule has 2 unspecified atom stereocenters. The topological polar surface area (TPSA) is 35.5 Å². The first kappa shape index (κ1) is 14.3. The zero-order valence-electron chi connectivity index (χ0n) is 11.0. The van der Waals surface area contributed by atoms with E-state index in [-0.39, 0.29) is 0 Å². The van der Waals surface area contributed by atoms with Crippen LogP contribution < -0.4 is 5.32 Å². The van der Waals surface area contributed by atoms with Crippen LogP contribution in [0.15, 0.2) is 0 Å². The van der Waals surface area contributed by atoms with Gasteiger partial charge in [0.15, 0.2) is 0 Å². The lowest BCUT2D eigenvalue weighted by Crippen LogP contribution is -2.51. The molecule has 1 rings (SSSR count). The molecule has 1 saturated heterocycles. The molecule has 0 radical (unpaired) electrons. The molecule has 1 heterocycles. The van der Waals surface area contributed by atoms with E-state index in [1.807, 2.05) is 18.7 Å². The fraction of sp³-hybridized carbons (Fsp3) is 1.00. The molecule has 0 aromatic heterocycles. The Morgan fingerprint density at radius 2 is 2.25 bits per heavy atom. The van der Waals surface area contributed by atoms with Crippen LogP contribution in [0.2, 0.25) is 0 Å². The van der Waals surface area contributed by atoms with E-state index in [1.165, 1.54) is 5.75 Å². The monoisotopic (exact) mass is 246 g/mol. The Kier molecular flexibility index (Phi) is 5.57. The maximum atomic E-state index is 10.3. The van der Waals surface area contributed by atoms with Crippen LogP contribution in [0.4, 0.5) is 0 Å². The fourth-order valence-electron chi connectivity index (χ4n) is 2.00. The molecule has 4 heteroatoms. The molecule has 2 atom stereocenters. The second-order valence-electron chi connectivity index (χ2n) is 5.45. The summed E-state index contributed by atoms with van der Waals surface area (Å²) in [5, 5.41) is 14.3. The predicted molar refractivity (Wildman–Crippen MR) is 72.1 cm³/mol. The molecular weight excluding hydrogens is 220 g/mol. The van der Waals surface area contributed by atoms with Crippen molar-refractivity contribution in [2.24, 2.45) is 0 Å². The second kappa shape index (κ2) is 6.24. The zero-order chi connectivity index (χ0) is 12.2. The van der Waals surface area contributed by atoms with Gasteiger partial charge in [-0.3, -0.25) is 4.90 Å². The normalized spacial score (nSPS) is 27.0. The quantitative estimate of drug-likeness (QED) is 0.763. The number of nitrogens with zero attached hydrogens (tertiary/aromatic N) is 1. The van der Waals surface area contributed by atoms with E-state index in [4.69, 9.17) is 0 Å². The van der Waals surface area contributed by atoms with Crippen molar-refractivity contribution in [2.75, 3.05) is 31.9 Å². The molecule has 16 heavy (non-hydrogen) atoms. The molecule has 3 nitrogen and oxygen atoms in total. The molecule has 1 fully saturated rings.